The van der Waals surface area contributed by atoms with E-state index in [1.165, 1.54) is 0 Å². The van der Waals surface area contributed by atoms with Gasteiger partial charge in [-0.1, -0.05) is 48.5 Å². The molecule has 0 bridgehead atoms. The molecule has 3 N–H and O–H groups in total. The molecule has 2 fully saturated rings. The van der Waals surface area contributed by atoms with Crippen molar-refractivity contribution in [1.82, 2.24) is 29.7 Å². The fourth-order valence-electron chi connectivity index (χ4n) is 6.19. The van der Waals surface area contributed by atoms with Gasteiger partial charge in [-0.3, -0.25) is 9.80 Å². The van der Waals surface area contributed by atoms with Crippen molar-refractivity contribution in [3.05, 3.63) is 72.6 Å². The average molecular weight is 641 g/mol. The highest BCUT2D eigenvalue weighted by atomic mass is 16.6. The highest BCUT2D eigenvalue weighted by molar-refractivity contribution is 5.72. The van der Waals surface area contributed by atoms with E-state index in [1.807, 2.05) is 59.9 Å². The molecule has 2 aliphatic rings. The molecule has 2 aromatic heterocycles. The maximum absolute atomic E-state index is 12.8. The Bertz CT molecular complexity index is 1710. The van der Waals surface area contributed by atoms with Gasteiger partial charge in [0.05, 0.1) is 35.9 Å². The van der Waals surface area contributed by atoms with Gasteiger partial charge in [-0.05, 0) is 83.1 Å². The summed E-state index contributed by atoms with van der Waals surface area (Å²) < 4.78 is 11.2. The van der Waals surface area contributed by atoms with Crippen LogP contribution < -0.4 is 0 Å². The molecule has 3 atom stereocenters. The van der Waals surface area contributed by atoms with Gasteiger partial charge in [0.1, 0.15) is 28.9 Å². The molecule has 11 heteroatoms. The molecule has 0 radical (unpaired) electrons. The molecular weight excluding hydrogens is 596 g/mol. The van der Waals surface area contributed by atoms with Crippen molar-refractivity contribution in [2.75, 3.05) is 13.1 Å². The second kappa shape index (κ2) is 12.5. The van der Waals surface area contributed by atoms with Crippen molar-refractivity contribution < 1.29 is 24.2 Å². The third-order valence-corrected chi connectivity index (χ3v) is 8.39. The monoisotopic (exact) mass is 640 g/mol. The van der Waals surface area contributed by atoms with Gasteiger partial charge < -0.3 is 24.5 Å². The smallest absolute Gasteiger partial charge is 0.411 e. The lowest BCUT2D eigenvalue weighted by atomic mass is 10.0. The second-order valence-corrected chi connectivity index (χ2v) is 14.3. The van der Waals surface area contributed by atoms with Gasteiger partial charge in [0.15, 0.2) is 0 Å². The van der Waals surface area contributed by atoms with Crippen LogP contribution in [-0.2, 0) is 9.47 Å². The van der Waals surface area contributed by atoms with E-state index in [0.29, 0.717) is 25.3 Å². The number of nitrogens with zero attached hydrogens (tertiary/aromatic N) is 4. The van der Waals surface area contributed by atoms with Gasteiger partial charge in [-0.15, -0.1) is 0 Å². The van der Waals surface area contributed by atoms with Crippen molar-refractivity contribution in [2.45, 2.75) is 90.2 Å². The number of H-pyrrole nitrogens is 2. The Labute approximate surface area is 275 Å². The molecule has 0 aliphatic carbocycles. The van der Waals surface area contributed by atoms with Crippen LogP contribution in [0, 0.1) is 0 Å². The van der Waals surface area contributed by atoms with Crippen molar-refractivity contribution in [1.29, 1.82) is 0 Å². The van der Waals surface area contributed by atoms with E-state index in [2.05, 4.69) is 56.3 Å². The van der Waals surface area contributed by atoms with Crippen molar-refractivity contribution in [3.8, 4) is 33.6 Å². The van der Waals surface area contributed by atoms with E-state index in [0.717, 1.165) is 52.3 Å². The van der Waals surface area contributed by atoms with Crippen molar-refractivity contribution in [2.24, 2.45) is 0 Å². The average Bonchev–Trinajstić information content (AvgIpc) is 3.82. The first kappa shape index (κ1) is 32.3. The number of aliphatic hydroxyl groups excluding tert-OH is 1. The topological polar surface area (TPSA) is 137 Å². The molecular formula is C36H44N6O5. The number of nitrogens with one attached hydrogen (secondary N) is 2. The number of imidazole rings is 2. The number of carbonyl (C=O) groups excluding carboxylic acids is 2. The molecule has 47 heavy (non-hydrogen) atoms. The molecule has 2 aliphatic heterocycles. The first-order valence-corrected chi connectivity index (χ1v) is 16.2. The fraction of sp³-hybridized carbons (Fsp3) is 0.444. The van der Waals surface area contributed by atoms with Crippen LogP contribution in [-0.4, -0.2) is 77.4 Å². The Morgan fingerprint density at radius 1 is 0.702 bits per heavy atom. The number of aromatic nitrogens is 4. The lowest BCUT2D eigenvalue weighted by Gasteiger charge is -2.28. The van der Waals surface area contributed by atoms with Gasteiger partial charge in [0.2, 0.25) is 0 Å². The Kier molecular flexibility index (Phi) is 8.61. The van der Waals surface area contributed by atoms with Gasteiger partial charge in [0, 0.05) is 13.1 Å². The molecule has 0 unspecified atom stereocenters. The molecule has 0 spiro atoms. The van der Waals surface area contributed by atoms with Crippen molar-refractivity contribution in [3.63, 3.8) is 0 Å². The van der Waals surface area contributed by atoms with E-state index in [4.69, 9.17) is 9.47 Å². The number of likely N-dealkylation sites (tertiary alicyclic amines) is 2. The van der Waals surface area contributed by atoms with E-state index >= 15 is 0 Å². The maximum Gasteiger partial charge on any atom is 0.411 e. The molecule has 4 heterocycles. The normalized spacial score (nSPS) is 20.1. The molecule has 4 aromatic rings. The molecule has 2 amide bonds. The summed E-state index contributed by atoms with van der Waals surface area (Å²) in [5.41, 5.74) is 4.60. The Morgan fingerprint density at radius 3 is 1.70 bits per heavy atom. The second-order valence-electron chi connectivity index (χ2n) is 14.3. The first-order valence-electron chi connectivity index (χ1n) is 16.2. The summed E-state index contributed by atoms with van der Waals surface area (Å²) in [5.74, 6) is 1.30. The third-order valence-electron chi connectivity index (χ3n) is 8.39. The summed E-state index contributed by atoms with van der Waals surface area (Å²) in [7, 11) is 0. The van der Waals surface area contributed by atoms with Crippen LogP contribution in [0.2, 0.25) is 0 Å². The zero-order chi connectivity index (χ0) is 33.5. The van der Waals surface area contributed by atoms with E-state index in [9.17, 15) is 14.7 Å². The summed E-state index contributed by atoms with van der Waals surface area (Å²) in [6, 6.07) is 15.7. The largest absolute Gasteiger partial charge is 0.444 e. The zero-order valence-electron chi connectivity index (χ0n) is 27.9. The zero-order valence-corrected chi connectivity index (χ0v) is 27.9. The van der Waals surface area contributed by atoms with Crippen LogP contribution in [0.15, 0.2) is 60.9 Å². The minimum absolute atomic E-state index is 0.130. The number of amides is 2. The fourth-order valence-corrected chi connectivity index (χ4v) is 6.19. The highest BCUT2D eigenvalue weighted by Crippen LogP contribution is 2.35. The van der Waals surface area contributed by atoms with Gasteiger partial charge in [-0.2, -0.15) is 0 Å². The van der Waals surface area contributed by atoms with E-state index in [1.54, 1.807) is 16.0 Å². The summed E-state index contributed by atoms with van der Waals surface area (Å²) in [6.07, 6.45) is 4.27. The standard InChI is InChI=1S/C36H44N6O5/c1-35(2,3)46-33(44)41-18-7-8-28(41)31-37-20-26(39-31)24-13-9-22(10-14-24)23-11-15-25(16-12-23)27-21-38-32(40-27)30-29(43)17-19-42(30)34(45)47-36(4,5)6/h9-16,20-21,28-30,43H,7-8,17-19H2,1-6H3,(H,37,39)(H,38,40)/t28-,29-,30-/m0/s1. The number of hydrogen-bond donors (Lipinski definition) is 3. The summed E-state index contributed by atoms with van der Waals surface area (Å²) in [6.45, 7) is 12.2. The predicted octanol–water partition coefficient (Wildman–Crippen LogP) is 7.25. The lowest BCUT2D eigenvalue weighted by Crippen LogP contribution is -2.38. The van der Waals surface area contributed by atoms with Crippen LogP contribution in [0.3, 0.4) is 0 Å². The molecule has 2 aromatic carbocycles. The molecule has 248 valence electrons. The molecule has 2 saturated heterocycles. The summed E-state index contributed by atoms with van der Waals surface area (Å²) in [5, 5.41) is 10.7. The predicted molar refractivity (Wildman–Crippen MR) is 178 cm³/mol. The van der Waals surface area contributed by atoms with Crippen LogP contribution in [0.25, 0.3) is 33.6 Å². The number of rotatable bonds is 5. The first-order chi connectivity index (χ1) is 22.3. The minimum Gasteiger partial charge on any atom is -0.444 e. The van der Waals surface area contributed by atoms with Crippen LogP contribution in [0.1, 0.15) is 84.5 Å². The van der Waals surface area contributed by atoms with Crippen LogP contribution in [0.4, 0.5) is 9.59 Å². The Balaban J connectivity index is 1.12. The Hall–Kier alpha value is -4.64. The van der Waals surface area contributed by atoms with Crippen LogP contribution >= 0.6 is 0 Å². The highest BCUT2D eigenvalue weighted by Gasteiger charge is 2.41. The van der Waals surface area contributed by atoms with Crippen LogP contribution in [0.5, 0.6) is 0 Å². The van der Waals surface area contributed by atoms with Gasteiger partial charge >= 0.3 is 12.2 Å². The minimum atomic E-state index is -0.727. The molecule has 0 saturated carbocycles. The maximum atomic E-state index is 12.8. The number of aliphatic hydroxyl groups is 1. The number of benzene rings is 2. The summed E-state index contributed by atoms with van der Waals surface area (Å²) in [4.78, 5) is 44.8. The SMILES string of the molecule is CC(C)(C)OC(=O)N1CC[C@H](O)[C@H]1c1ncc(-c2ccc(-c3ccc(-c4cnc([C@@H]5CCCN5C(=O)OC(C)(C)C)[nH]4)cc3)cc2)[nH]1. The number of carbonyl (C=O) groups is 2. The number of hydrogen-bond acceptors (Lipinski definition) is 7. The Morgan fingerprint density at radius 2 is 1.17 bits per heavy atom. The number of aromatic amines is 2. The number of ether oxygens (including phenoxy) is 2. The van der Waals surface area contributed by atoms with E-state index in [-0.39, 0.29) is 12.1 Å². The lowest BCUT2D eigenvalue weighted by molar-refractivity contribution is 0.0141. The van der Waals surface area contributed by atoms with Gasteiger partial charge in [0.25, 0.3) is 0 Å². The third kappa shape index (κ3) is 7.20. The quantitative estimate of drug-likeness (QED) is 0.209. The molecule has 6 rings (SSSR count). The van der Waals surface area contributed by atoms with Crippen molar-refractivity contribution >= 4 is 12.2 Å². The summed E-state index contributed by atoms with van der Waals surface area (Å²) >= 11 is 0. The molecule has 11 nitrogen and oxygen atoms in total. The van der Waals surface area contributed by atoms with E-state index < -0.39 is 29.4 Å². The van der Waals surface area contributed by atoms with Gasteiger partial charge in [-0.25, -0.2) is 19.6 Å².